The maximum atomic E-state index is 12.6. The fourth-order valence-corrected chi connectivity index (χ4v) is 3.84. The summed E-state index contributed by atoms with van der Waals surface area (Å²) < 4.78 is 39.6. The van der Waals surface area contributed by atoms with Crippen LogP contribution in [0.1, 0.15) is 27.4 Å². The lowest BCUT2D eigenvalue weighted by atomic mass is 10.2. The molecule has 0 saturated heterocycles. The summed E-state index contributed by atoms with van der Waals surface area (Å²) in [7, 11) is 0. The van der Waals surface area contributed by atoms with Crippen LogP contribution in [0.4, 0.5) is 13.2 Å². The zero-order valence-electron chi connectivity index (χ0n) is 12.3. The van der Waals surface area contributed by atoms with Crippen molar-refractivity contribution in [2.45, 2.75) is 37.8 Å². The van der Waals surface area contributed by atoms with Crippen LogP contribution in [0.3, 0.4) is 0 Å². The van der Waals surface area contributed by atoms with E-state index in [1.165, 1.54) is 29.2 Å². The zero-order valence-corrected chi connectivity index (χ0v) is 14.0. The number of hydrogen-bond acceptors (Lipinski definition) is 4. The van der Waals surface area contributed by atoms with Crippen LogP contribution >= 0.6 is 23.1 Å². The molecule has 0 atom stereocenters. The van der Waals surface area contributed by atoms with E-state index in [-0.39, 0.29) is 11.5 Å². The highest BCUT2D eigenvalue weighted by Gasteiger charge is 2.30. The fourth-order valence-electron chi connectivity index (χ4n) is 2.11. The van der Waals surface area contributed by atoms with Crippen molar-refractivity contribution in [3.63, 3.8) is 0 Å². The summed E-state index contributed by atoms with van der Waals surface area (Å²) in [6.07, 6.45) is -4.30. The van der Waals surface area contributed by atoms with Gasteiger partial charge in [-0.25, -0.2) is 4.98 Å². The molecule has 0 N–H and O–H groups in total. The number of ketones is 1. The lowest BCUT2D eigenvalue weighted by Crippen LogP contribution is -2.19. The van der Waals surface area contributed by atoms with E-state index in [2.05, 4.69) is 4.98 Å². The molecule has 2 aromatic rings. The molecule has 0 bridgehead atoms. The molecule has 0 unspecified atom stereocenters. The van der Waals surface area contributed by atoms with E-state index in [1.807, 2.05) is 12.3 Å². The Morgan fingerprint density at radius 2 is 2.05 bits per heavy atom. The molecular formula is C14H15F3N2OS2. The molecule has 0 amide bonds. The van der Waals surface area contributed by atoms with Crippen molar-refractivity contribution in [2.75, 3.05) is 5.75 Å². The first kappa shape index (κ1) is 17.1. The van der Waals surface area contributed by atoms with Crippen LogP contribution in [-0.4, -0.2) is 27.3 Å². The van der Waals surface area contributed by atoms with E-state index in [1.54, 1.807) is 13.8 Å². The minimum atomic E-state index is -4.30. The van der Waals surface area contributed by atoms with Gasteiger partial charge in [-0.3, -0.25) is 4.79 Å². The lowest BCUT2D eigenvalue weighted by Gasteiger charge is -2.12. The van der Waals surface area contributed by atoms with Gasteiger partial charge in [-0.1, -0.05) is 11.8 Å². The number of Topliss-reactive ketones (excluding diaryl/α,β-unsaturated/α-hetero) is 1. The molecule has 3 nitrogen and oxygen atoms in total. The number of nitrogens with zero attached hydrogens (tertiary/aromatic N) is 2. The van der Waals surface area contributed by atoms with Gasteiger partial charge in [-0.15, -0.1) is 11.3 Å². The highest BCUT2D eigenvalue weighted by atomic mass is 32.2. The minimum Gasteiger partial charge on any atom is -0.339 e. The summed E-state index contributed by atoms with van der Waals surface area (Å²) in [6.45, 7) is 3.92. The summed E-state index contributed by atoms with van der Waals surface area (Å²) in [5.74, 6) is -0.0112. The second-order valence-electron chi connectivity index (χ2n) is 4.95. The predicted octanol–water partition coefficient (Wildman–Crippen LogP) is 4.41. The van der Waals surface area contributed by atoms with Crippen LogP contribution in [0.15, 0.2) is 15.8 Å². The molecule has 0 aliphatic rings. The molecule has 0 aliphatic carbocycles. The van der Waals surface area contributed by atoms with E-state index >= 15 is 0 Å². The number of carbonyl (C=O) groups excluding carboxylic acids is 1. The van der Waals surface area contributed by atoms with E-state index in [9.17, 15) is 18.0 Å². The number of aryl methyl sites for hydroxylation is 2. The molecular weight excluding hydrogens is 333 g/mol. The SMILES string of the molecule is Cc1csc(SCC(=O)c2cc(C)n(CC(F)(F)F)c2C)n1. The van der Waals surface area contributed by atoms with Crippen LogP contribution in [0, 0.1) is 20.8 Å². The van der Waals surface area contributed by atoms with Gasteiger partial charge in [0.1, 0.15) is 6.54 Å². The fraction of sp³-hybridized carbons (Fsp3) is 0.429. The van der Waals surface area contributed by atoms with Gasteiger partial charge < -0.3 is 4.57 Å². The van der Waals surface area contributed by atoms with Crippen molar-refractivity contribution >= 4 is 28.9 Å². The molecule has 22 heavy (non-hydrogen) atoms. The average Bonchev–Trinajstić information content (AvgIpc) is 2.93. The van der Waals surface area contributed by atoms with Gasteiger partial charge in [-0.2, -0.15) is 13.2 Å². The quantitative estimate of drug-likeness (QED) is 0.593. The van der Waals surface area contributed by atoms with E-state index in [0.717, 1.165) is 14.6 Å². The first-order valence-electron chi connectivity index (χ1n) is 6.49. The predicted molar refractivity (Wildman–Crippen MR) is 81.9 cm³/mol. The number of hydrogen-bond donors (Lipinski definition) is 0. The number of rotatable bonds is 5. The first-order chi connectivity index (χ1) is 10.2. The van der Waals surface area contributed by atoms with Crippen molar-refractivity contribution < 1.29 is 18.0 Å². The standard InChI is InChI=1S/C14H15F3N2OS2/c1-8-5-21-13(18-8)22-6-12(20)11-4-9(2)19(10(11)3)7-14(15,16)17/h4-5H,6-7H2,1-3H3. The molecule has 8 heteroatoms. The van der Waals surface area contributed by atoms with Crippen molar-refractivity contribution in [3.8, 4) is 0 Å². The van der Waals surface area contributed by atoms with Crippen LogP contribution in [0.5, 0.6) is 0 Å². The number of aromatic nitrogens is 2. The van der Waals surface area contributed by atoms with Gasteiger partial charge in [0.05, 0.1) is 5.75 Å². The Labute approximate surface area is 134 Å². The molecule has 0 fully saturated rings. The number of thioether (sulfide) groups is 1. The van der Waals surface area contributed by atoms with Crippen LogP contribution in [0.25, 0.3) is 0 Å². The Kier molecular flexibility index (Phi) is 5.01. The third-order valence-corrected chi connectivity index (χ3v) is 5.28. The molecule has 0 aromatic carbocycles. The van der Waals surface area contributed by atoms with Crippen molar-refractivity contribution in [2.24, 2.45) is 0 Å². The Bertz CT molecular complexity index is 689. The number of halogens is 3. The highest BCUT2D eigenvalue weighted by Crippen LogP contribution is 2.26. The smallest absolute Gasteiger partial charge is 0.339 e. The summed E-state index contributed by atoms with van der Waals surface area (Å²) >= 11 is 2.76. The maximum Gasteiger partial charge on any atom is 0.406 e. The summed E-state index contributed by atoms with van der Waals surface area (Å²) in [5.41, 5.74) is 2.04. The average molecular weight is 348 g/mol. The van der Waals surface area contributed by atoms with Crippen LogP contribution < -0.4 is 0 Å². The van der Waals surface area contributed by atoms with E-state index in [0.29, 0.717) is 17.0 Å². The molecule has 2 aromatic heterocycles. The summed E-state index contributed by atoms with van der Waals surface area (Å²) in [5, 5.41) is 1.89. The van der Waals surface area contributed by atoms with Gasteiger partial charge in [0, 0.05) is 28.0 Å². The number of alkyl halides is 3. The number of thiazole rings is 1. The first-order valence-corrected chi connectivity index (χ1v) is 8.35. The largest absolute Gasteiger partial charge is 0.406 e. The van der Waals surface area contributed by atoms with Crippen molar-refractivity contribution in [1.29, 1.82) is 0 Å². The number of carbonyl (C=O) groups is 1. The molecule has 0 radical (unpaired) electrons. The lowest BCUT2D eigenvalue weighted by molar-refractivity contribution is -0.141. The van der Waals surface area contributed by atoms with Crippen LogP contribution in [0.2, 0.25) is 0 Å². The summed E-state index contributed by atoms with van der Waals surface area (Å²) in [4.78, 5) is 16.5. The van der Waals surface area contributed by atoms with E-state index in [4.69, 9.17) is 0 Å². The van der Waals surface area contributed by atoms with E-state index < -0.39 is 12.7 Å². The van der Waals surface area contributed by atoms with Gasteiger partial charge in [0.2, 0.25) is 0 Å². The van der Waals surface area contributed by atoms with Crippen LogP contribution in [-0.2, 0) is 6.54 Å². The molecule has 0 spiro atoms. The Balaban J connectivity index is 2.11. The molecule has 0 saturated carbocycles. The third-order valence-electron chi connectivity index (χ3n) is 3.14. The third kappa shape index (κ3) is 4.13. The van der Waals surface area contributed by atoms with Crippen molar-refractivity contribution in [1.82, 2.24) is 9.55 Å². The maximum absolute atomic E-state index is 12.6. The Morgan fingerprint density at radius 1 is 1.36 bits per heavy atom. The normalized spacial score (nSPS) is 11.9. The van der Waals surface area contributed by atoms with Gasteiger partial charge in [0.25, 0.3) is 0 Å². The molecule has 120 valence electrons. The second kappa shape index (κ2) is 6.45. The molecule has 0 aliphatic heterocycles. The summed E-state index contributed by atoms with van der Waals surface area (Å²) in [6, 6.07) is 1.52. The van der Waals surface area contributed by atoms with Gasteiger partial charge in [0.15, 0.2) is 10.1 Å². The zero-order chi connectivity index (χ0) is 16.5. The monoisotopic (exact) mass is 348 g/mol. The highest BCUT2D eigenvalue weighted by molar-refractivity contribution is 8.01. The topological polar surface area (TPSA) is 34.9 Å². The van der Waals surface area contributed by atoms with Gasteiger partial charge >= 0.3 is 6.18 Å². The Hall–Kier alpha value is -1.28. The molecule has 2 heterocycles. The minimum absolute atomic E-state index is 0.170. The second-order valence-corrected chi connectivity index (χ2v) is 7.03. The van der Waals surface area contributed by atoms with Crippen molar-refractivity contribution in [3.05, 3.63) is 34.1 Å². The Morgan fingerprint density at radius 3 is 2.59 bits per heavy atom. The van der Waals surface area contributed by atoms with Gasteiger partial charge in [-0.05, 0) is 26.8 Å². The molecule has 2 rings (SSSR count).